The maximum atomic E-state index is 5.76. The van der Waals surface area contributed by atoms with Crippen molar-refractivity contribution in [3.05, 3.63) is 48.7 Å². The topological polar surface area (TPSA) is 31.4 Å². The van der Waals surface area contributed by atoms with Gasteiger partial charge in [-0.15, -0.1) is 0 Å². The van der Waals surface area contributed by atoms with Crippen molar-refractivity contribution in [3.8, 4) is 0 Å². The summed E-state index contributed by atoms with van der Waals surface area (Å²) in [7, 11) is 0. The van der Waals surface area contributed by atoms with Crippen molar-refractivity contribution in [1.82, 2.24) is 4.98 Å². The molecule has 1 aromatic carbocycles. The summed E-state index contributed by atoms with van der Waals surface area (Å²) in [5, 5.41) is 1.13. The number of rotatable bonds is 4. The Morgan fingerprint density at radius 3 is 3.10 bits per heavy atom. The molecule has 0 aliphatic carbocycles. The van der Waals surface area contributed by atoms with Crippen LogP contribution in [0.5, 0.6) is 0 Å². The molecule has 1 aliphatic heterocycles. The monoisotopic (exact) mass is 269 g/mol. The van der Waals surface area contributed by atoms with Crippen molar-refractivity contribution in [2.45, 2.75) is 25.6 Å². The van der Waals surface area contributed by atoms with Gasteiger partial charge in [0.05, 0.1) is 12.1 Å². The second kappa shape index (κ2) is 6.16. The van der Waals surface area contributed by atoms with Crippen molar-refractivity contribution >= 4 is 16.5 Å². The van der Waals surface area contributed by atoms with Gasteiger partial charge in [0.1, 0.15) is 0 Å². The fourth-order valence-corrected chi connectivity index (χ4v) is 2.38. The van der Waals surface area contributed by atoms with Gasteiger partial charge in [-0.3, -0.25) is 4.98 Å². The smallest absolute Gasteiger partial charge is 0.158 e. The molecule has 0 radical (unpaired) electrons. The van der Waals surface area contributed by atoms with Crippen LogP contribution < -0.4 is 0 Å². The zero-order valence-corrected chi connectivity index (χ0v) is 11.5. The first kappa shape index (κ1) is 13.3. The Bertz CT molecular complexity index is 603. The number of hydrogen-bond acceptors (Lipinski definition) is 3. The van der Waals surface area contributed by atoms with E-state index >= 15 is 0 Å². The van der Waals surface area contributed by atoms with E-state index in [2.05, 4.69) is 23.7 Å². The summed E-state index contributed by atoms with van der Waals surface area (Å²) < 4.78 is 11.3. The molecule has 1 aromatic heterocycles. The third-order valence-corrected chi connectivity index (χ3v) is 3.58. The molecule has 3 rings (SSSR count). The Labute approximate surface area is 119 Å². The lowest BCUT2D eigenvalue weighted by atomic mass is 10.1. The van der Waals surface area contributed by atoms with Gasteiger partial charge in [-0.25, -0.2) is 0 Å². The highest BCUT2D eigenvalue weighted by Gasteiger charge is 2.14. The van der Waals surface area contributed by atoms with E-state index in [-0.39, 0.29) is 6.29 Å². The van der Waals surface area contributed by atoms with Crippen LogP contribution in [0, 0.1) is 0 Å². The van der Waals surface area contributed by atoms with Gasteiger partial charge in [0.15, 0.2) is 6.29 Å². The van der Waals surface area contributed by atoms with Gasteiger partial charge in [-0.05, 0) is 42.5 Å². The van der Waals surface area contributed by atoms with Crippen LogP contribution >= 0.6 is 0 Å². The van der Waals surface area contributed by atoms with E-state index in [1.807, 2.05) is 24.4 Å². The van der Waals surface area contributed by atoms with E-state index in [0.717, 1.165) is 41.5 Å². The van der Waals surface area contributed by atoms with Gasteiger partial charge < -0.3 is 9.47 Å². The van der Waals surface area contributed by atoms with Crippen LogP contribution in [-0.2, 0) is 9.47 Å². The summed E-state index contributed by atoms with van der Waals surface area (Å²) in [4.78, 5) is 4.45. The van der Waals surface area contributed by atoms with E-state index in [9.17, 15) is 0 Å². The largest absolute Gasteiger partial charge is 0.353 e. The first-order chi connectivity index (χ1) is 9.83. The molecule has 3 heteroatoms. The van der Waals surface area contributed by atoms with Gasteiger partial charge in [0.2, 0.25) is 0 Å². The van der Waals surface area contributed by atoms with E-state index in [0.29, 0.717) is 6.61 Å². The number of ether oxygens (including phenoxy) is 2. The Balaban J connectivity index is 1.65. The summed E-state index contributed by atoms with van der Waals surface area (Å²) in [6.45, 7) is 5.39. The third kappa shape index (κ3) is 3.06. The molecular formula is C17H19NO2. The number of pyridine rings is 1. The lowest BCUT2D eigenvalue weighted by molar-refractivity contribution is -0.154. The molecule has 1 atom stereocenters. The fourth-order valence-electron chi connectivity index (χ4n) is 2.38. The molecule has 3 nitrogen and oxygen atoms in total. The number of nitrogens with zero attached hydrogens (tertiary/aromatic N) is 1. The van der Waals surface area contributed by atoms with Crippen LogP contribution in [0.4, 0.5) is 0 Å². The standard InChI is InChI=1S/C17H19NO2/c1-13(12-20-17-8-4-5-9-19-17)15-10-14-6-2-3-7-16(14)18-11-15/h2-3,6-7,10-11,17H,1,4-5,8-9,12H2. The maximum Gasteiger partial charge on any atom is 0.158 e. The van der Waals surface area contributed by atoms with Gasteiger partial charge in [-0.2, -0.15) is 0 Å². The fraction of sp³-hybridized carbons (Fsp3) is 0.353. The maximum absolute atomic E-state index is 5.76. The zero-order valence-electron chi connectivity index (χ0n) is 11.5. The second-order valence-corrected chi connectivity index (χ2v) is 5.13. The van der Waals surface area contributed by atoms with Gasteiger partial charge >= 0.3 is 0 Å². The zero-order chi connectivity index (χ0) is 13.8. The highest BCUT2D eigenvalue weighted by atomic mass is 16.7. The molecule has 1 fully saturated rings. The van der Waals surface area contributed by atoms with Crippen LogP contribution in [0.25, 0.3) is 16.5 Å². The molecule has 2 heterocycles. The minimum atomic E-state index is -0.0751. The average molecular weight is 269 g/mol. The predicted octanol–water partition coefficient (Wildman–Crippen LogP) is 3.79. The Morgan fingerprint density at radius 2 is 2.25 bits per heavy atom. The van der Waals surface area contributed by atoms with Crippen LogP contribution in [0.3, 0.4) is 0 Å². The van der Waals surface area contributed by atoms with Crippen LogP contribution in [0.1, 0.15) is 24.8 Å². The highest BCUT2D eigenvalue weighted by Crippen LogP contribution is 2.20. The molecule has 20 heavy (non-hydrogen) atoms. The lowest BCUT2D eigenvalue weighted by Crippen LogP contribution is -2.22. The van der Waals surface area contributed by atoms with Crippen LogP contribution in [-0.4, -0.2) is 24.5 Å². The van der Waals surface area contributed by atoms with E-state index in [1.54, 1.807) is 0 Å². The van der Waals surface area contributed by atoms with Crippen molar-refractivity contribution in [2.75, 3.05) is 13.2 Å². The van der Waals surface area contributed by atoms with Crippen molar-refractivity contribution in [3.63, 3.8) is 0 Å². The normalized spacial score (nSPS) is 19.1. The lowest BCUT2D eigenvalue weighted by Gasteiger charge is -2.23. The summed E-state index contributed by atoms with van der Waals surface area (Å²) in [5.74, 6) is 0. The number of hydrogen-bond donors (Lipinski definition) is 0. The number of para-hydroxylation sites is 1. The Kier molecular flexibility index (Phi) is 4.09. The number of fused-ring (bicyclic) bond motifs is 1. The van der Waals surface area contributed by atoms with E-state index in [4.69, 9.17) is 9.47 Å². The first-order valence-electron chi connectivity index (χ1n) is 7.09. The molecule has 0 spiro atoms. The molecule has 104 valence electrons. The van der Waals surface area contributed by atoms with E-state index in [1.165, 1.54) is 6.42 Å². The minimum Gasteiger partial charge on any atom is -0.353 e. The molecule has 0 saturated carbocycles. The van der Waals surface area contributed by atoms with E-state index < -0.39 is 0 Å². The summed E-state index contributed by atoms with van der Waals surface area (Å²) in [5.41, 5.74) is 2.97. The third-order valence-electron chi connectivity index (χ3n) is 3.58. The van der Waals surface area contributed by atoms with Crippen molar-refractivity contribution in [1.29, 1.82) is 0 Å². The summed E-state index contributed by atoms with van der Waals surface area (Å²) in [6, 6.07) is 10.2. The number of aromatic nitrogens is 1. The molecule has 2 aromatic rings. The van der Waals surface area contributed by atoms with Crippen LogP contribution in [0.15, 0.2) is 43.1 Å². The Hall–Kier alpha value is -1.71. The SMILES string of the molecule is C=C(COC1CCCCO1)c1cnc2ccccc2c1. The first-order valence-corrected chi connectivity index (χ1v) is 7.09. The predicted molar refractivity (Wildman–Crippen MR) is 80.3 cm³/mol. The van der Waals surface area contributed by atoms with Crippen molar-refractivity contribution < 1.29 is 9.47 Å². The molecular weight excluding hydrogens is 250 g/mol. The summed E-state index contributed by atoms with van der Waals surface area (Å²) in [6.07, 6.45) is 5.07. The Morgan fingerprint density at radius 1 is 1.35 bits per heavy atom. The molecule has 0 amide bonds. The van der Waals surface area contributed by atoms with Crippen LogP contribution in [0.2, 0.25) is 0 Å². The molecule has 0 bridgehead atoms. The number of benzene rings is 1. The van der Waals surface area contributed by atoms with Gasteiger partial charge in [0.25, 0.3) is 0 Å². The minimum absolute atomic E-state index is 0.0751. The summed E-state index contributed by atoms with van der Waals surface area (Å²) >= 11 is 0. The van der Waals surface area contributed by atoms with Crippen molar-refractivity contribution in [2.24, 2.45) is 0 Å². The quantitative estimate of drug-likeness (QED) is 0.846. The molecule has 0 N–H and O–H groups in total. The van der Waals surface area contributed by atoms with Gasteiger partial charge in [0, 0.05) is 18.2 Å². The molecule has 1 aliphatic rings. The molecule has 1 saturated heterocycles. The van der Waals surface area contributed by atoms with Gasteiger partial charge in [-0.1, -0.05) is 24.8 Å². The average Bonchev–Trinajstić information content (AvgIpc) is 2.53. The second-order valence-electron chi connectivity index (χ2n) is 5.13. The molecule has 1 unspecified atom stereocenters. The highest BCUT2D eigenvalue weighted by molar-refractivity contribution is 5.82.